The number of carbonyl (C=O) groups is 3. The topological polar surface area (TPSA) is 84.9 Å². The van der Waals surface area contributed by atoms with Crippen LogP contribution < -0.4 is 5.32 Å². The van der Waals surface area contributed by atoms with Crippen LogP contribution in [0.25, 0.3) is 0 Å². The van der Waals surface area contributed by atoms with Gasteiger partial charge < -0.3 is 19.7 Å². The molecule has 0 aromatic carbocycles. The highest BCUT2D eigenvalue weighted by molar-refractivity contribution is 5.76. The van der Waals surface area contributed by atoms with Gasteiger partial charge in [0.15, 0.2) is 0 Å². The second-order valence-electron chi connectivity index (χ2n) is 19.5. The molecule has 1 N–H and O–H groups in total. The predicted molar refractivity (Wildman–Crippen MR) is 271 cm³/mol. The number of hydrogen-bond donors (Lipinski definition) is 1. The molecule has 0 radical (unpaired) electrons. The number of esters is 2. The average Bonchev–Trinajstić information content (AvgIpc) is 3.28. The number of hydrogen-bond acceptors (Lipinski definition) is 6. The van der Waals surface area contributed by atoms with E-state index in [4.69, 9.17) is 9.47 Å². The van der Waals surface area contributed by atoms with Gasteiger partial charge in [0.05, 0.1) is 25.0 Å². The van der Waals surface area contributed by atoms with Crippen LogP contribution in [0.5, 0.6) is 0 Å². The fourth-order valence-electron chi connectivity index (χ4n) is 9.20. The number of ether oxygens (including phenoxy) is 2. The van der Waals surface area contributed by atoms with Gasteiger partial charge in [-0.2, -0.15) is 0 Å². The number of unbranched alkanes of at least 4 members (excludes halogenated alkanes) is 25. The number of nitrogens with one attached hydrogen (secondary N) is 1. The van der Waals surface area contributed by atoms with E-state index in [0.717, 1.165) is 129 Å². The summed E-state index contributed by atoms with van der Waals surface area (Å²) in [5.74, 6) is 0.661. The van der Waals surface area contributed by atoms with Crippen LogP contribution in [-0.2, 0) is 23.9 Å². The third-order valence-corrected chi connectivity index (χ3v) is 13.5. The molecule has 0 aliphatic heterocycles. The van der Waals surface area contributed by atoms with Crippen molar-refractivity contribution in [3.63, 3.8) is 0 Å². The molecule has 0 saturated heterocycles. The highest BCUT2D eigenvalue weighted by Crippen LogP contribution is 2.23. The molecule has 374 valence electrons. The van der Waals surface area contributed by atoms with E-state index < -0.39 is 0 Å². The quantitative estimate of drug-likeness (QED) is 0.0484. The summed E-state index contributed by atoms with van der Waals surface area (Å²) in [5.41, 5.74) is 0. The van der Waals surface area contributed by atoms with E-state index in [9.17, 15) is 14.4 Å². The molecule has 1 amide bonds. The molecule has 0 aromatic rings. The fraction of sp³-hybridized carbons (Fsp3) is 0.946. The van der Waals surface area contributed by atoms with Crippen LogP contribution in [0.4, 0.5) is 0 Å². The first-order valence-corrected chi connectivity index (χ1v) is 28.2. The van der Waals surface area contributed by atoms with E-state index in [1.165, 1.54) is 135 Å². The molecule has 0 rings (SSSR count). The van der Waals surface area contributed by atoms with Gasteiger partial charge in [0.25, 0.3) is 0 Å². The standard InChI is InChI=1S/C56H110N2O5/c1-7-12-17-20-29-36-46-54(59)58(48-39-47-57-6)53(44-34-27-23-21-25-30-37-49-62-55(60)51(40-15-10-4)42-32-18-13-8-2)45-35-28-24-22-26-31-38-50-63-56(61)52(41-16-11-5)43-33-19-14-9-3/h51-53,57H,7-50H2,1-6H3. The first-order valence-electron chi connectivity index (χ1n) is 28.2. The molecule has 2 atom stereocenters. The minimum absolute atomic E-state index is 0.0467. The smallest absolute Gasteiger partial charge is 0.308 e. The largest absolute Gasteiger partial charge is 0.465 e. The molecule has 0 saturated carbocycles. The Morgan fingerprint density at radius 1 is 0.397 bits per heavy atom. The van der Waals surface area contributed by atoms with Gasteiger partial charge in [-0.05, 0) is 77.8 Å². The van der Waals surface area contributed by atoms with E-state index in [1.807, 2.05) is 7.05 Å². The summed E-state index contributed by atoms with van der Waals surface area (Å²) < 4.78 is 11.5. The molecule has 0 aliphatic carbocycles. The molecule has 7 nitrogen and oxygen atoms in total. The van der Waals surface area contributed by atoms with E-state index in [2.05, 4.69) is 44.8 Å². The molecular weight excluding hydrogens is 781 g/mol. The highest BCUT2D eigenvalue weighted by Gasteiger charge is 2.23. The molecule has 0 aromatic heterocycles. The lowest BCUT2D eigenvalue weighted by Gasteiger charge is -2.33. The first kappa shape index (κ1) is 61.4. The van der Waals surface area contributed by atoms with Gasteiger partial charge >= 0.3 is 11.9 Å². The monoisotopic (exact) mass is 891 g/mol. The van der Waals surface area contributed by atoms with Crippen molar-refractivity contribution >= 4 is 17.8 Å². The molecule has 0 fully saturated rings. The van der Waals surface area contributed by atoms with Crippen molar-refractivity contribution in [1.29, 1.82) is 0 Å². The maximum absolute atomic E-state index is 13.8. The summed E-state index contributed by atoms with van der Waals surface area (Å²) >= 11 is 0. The summed E-state index contributed by atoms with van der Waals surface area (Å²) in [5, 5.41) is 3.31. The van der Waals surface area contributed by atoms with Gasteiger partial charge in [-0.25, -0.2) is 0 Å². The number of rotatable bonds is 50. The molecule has 0 heterocycles. The second kappa shape index (κ2) is 48.3. The molecule has 0 bridgehead atoms. The lowest BCUT2D eigenvalue weighted by molar-refractivity contribution is -0.150. The summed E-state index contributed by atoms with van der Waals surface area (Å²) in [6.07, 6.45) is 45.8. The van der Waals surface area contributed by atoms with Crippen molar-refractivity contribution in [2.45, 2.75) is 297 Å². The lowest BCUT2D eigenvalue weighted by atomic mass is 9.95. The fourth-order valence-corrected chi connectivity index (χ4v) is 9.20. The lowest BCUT2D eigenvalue weighted by Crippen LogP contribution is -2.41. The van der Waals surface area contributed by atoms with Crippen LogP contribution >= 0.6 is 0 Å². The van der Waals surface area contributed by atoms with Crippen molar-refractivity contribution in [3.05, 3.63) is 0 Å². The molecular formula is C56H110N2O5. The minimum atomic E-state index is 0.0467. The minimum Gasteiger partial charge on any atom is -0.465 e. The molecule has 0 spiro atoms. The number of amides is 1. The Morgan fingerprint density at radius 2 is 0.730 bits per heavy atom. The van der Waals surface area contributed by atoms with E-state index >= 15 is 0 Å². The zero-order valence-corrected chi connectivity index (χ0v) is 43.3. The van der Waals surface area contributed by atoms with Crippen LogP contribution in [0.2, 0.25) is 0 Å². The second-order valence-corrected chi connectivity index (χ2v) is 19.5. The van der Waals surface area contributed by atoms with Crippen LogP contribution in [0.1, 0.15) is 291 Å². The summed E-state index contributed by atoms with van der Waals surface area (Å²) in [6.45, 7) is 14.1. The zero-order chi connectivity index (χ0) is 46.3. The maximum atomic E-state index is 13.8. The van der Waals surface area contributed by atoms with Crippen LogP contribution in [0, 0.1) is 11.8 Å². The Bertz CT molecular complexity index is 935. The molecule has 7 heteroatoms. The van der Waals surface area contributed by atoms with Crippen molar-refractivity contribution in [3.8, 4) is 0 Å². The highest BCUT2D eigenvalue weighted by atomic mass is 16.5. The Kier molecular flexibility index (Phi) is 47.1. The Hall–Kier alpha value is -1.63. The Labute approximate surface area is 393 Å². The van der Waals surface area contributed by atoms with Gasteiger partial charge in [-0.3, -0.25) is 14.4 Å². The van der Waals surface area contributed by atoms with Crippen LogP contribution in [0.3, 0.4) is 0 Å². The van der Waals surface area contributed by atoms with Crippen molar-refractivity contribution in [2.24, 2.45) is 11.8 Å². The SMILES string of the molecule is CCCCCCCCC(=O)N(CCCNC)C(CCCCCCCCCOC(=O)C(CCCC)CCCCCC)CCCCCCCCCOC(=O)C(CCCC)CCCCCC. The van der Waals surface area contributed by atoms with E-state index in [1.54, 1.807) is 0 Å². The van der Waals surface area contributed by atoms with Crippen LogP contribution in [-0.4, -0.2) is 62.1 Å². The molecule has 0 aliphatic rings. The van der Waals surface area contributed by atoms with Crippen molar-refractivity contribution in [2.75, 3.05) is 33.4 Å². The van der Waals surface area contributed by atoms with E-state index in [0.29, 0.717) is 31.6 Å². The third-order valence-electron chi connectivity index (χ3n) is 13.5. The summed E-state index contributed by atoms with van der Waals surface area (Å²) in [6, 6.07) is 0.347. The van der Waals surface area contributed by atoms with Gasteiger partial charge in [-0.1, -0.05) is 221 Å². The average molecular weight is 892 g/mol. The van der Waals surface area contributed by atoms with Crippen LogP contribution in [0.15, 0.2) is 0 Å². The molecule has 63 heavy (non-hydrogen) atoms. The number of carbonyl (C=O) groups excluding carboxylic acids is 3. The van der Waals surface area contributed by atoms with E-state index in [-0.39, 0.29) is 23.8 Å². The molecule has 2 unspecified atom stereocenters. The van der Waals surface area contributed by atoms with Crippen molar-refractivity contribution < 1.29 is 23.9 Å². The summed E-state index contributed by atoms with van der Waals surface area (Å²) in [7, 11) is 2.01. The van der Waals surface area contributed by atoms with Gasteiger partial charge in [0.1, 0.15) is 0 Å². The van der Waals surface area contributed by atoms with Crippen molar-refractivity contribution in [1.82, 2.24) is 10.2 Å². The predicted octanol–water partition coefficient (Wildman–Crippen LogP) is 16.4. The maximum Gasteiger partial charge on any atom is 0.308 e. The summed E-state index contributed by atoms with van der Waals surface area (Å²) in [4.78, 5) is 41.8. The normalized spacial score (nSPS) is 12.9. The zero-order valence-electron chi connectivity index (χ0n) is 43.3. The number of nitrogens with zero attached hydrogens (tertiary/aromatic N) is 1. The third kappa shape index (κ3) is 38.2. The van der Waals surface area contributed by atoms with Gasteiger partial charge in [0, 0.05) is 19.0 Å². The van der Waals surface area contributed by atoms with Gasteiger partial charge in [0.2, 0.25) is 5.91 Å². The Morgan fingerprint density at radius 3 is 1.14 bits per heavy atom. The first-order chi connectivity index (χ1) is 30.9. The Balaban J connectivity index is 4.85. The van der Waals surface area contributed by atoms with Gasteiger partial charge in [-0.15, -0.1) is 0 Å².